The second kappa shape index (κ2) is 10.5. The van der Waals surface area contributed by atoms with Crippen LogP contribution in [0.1, 0.15) is 40.2 Å². The molecule has 0 spiro atoms. The van der Waals surface area contributed by atoms with Crippen molar-refractivity contribution in [2.24, 2.45) is 0 Å². The van der Waals surface area contributed by atoms with Gasteiger partial charge in [0, 0.05) is 12.1 Å². The van der Waals surface area contributed by atoms with E-state index in [0.717, 1.165) is 21.8 Å². The third-order valence-electron chi connectivity index (χ3n) is 5.16. The first-order chi connectivity index (χ1) is 16.9. The van der Waals surface area contributed by atoms with Crippen molar-refractivity contribution in [1.29, 1.82) is 0 Å². The molecule has 3 heterocycles. The van der Waals surface area contributed by atoms with E-state index in [1.54, 1.807) is 31.4 Å². The number of esters is 1. The summed E-state index contributed by atoms with van der Waals surface area (Å²) in [6.07, 6.45) is 3.61. The first kappa shape index (κ1) is 24.1. The molecule has 0 saturated heterocycles. The van der Waals surface area contributed by atoms with Gasteiger partial charge in [0.25, 0.3) is 5.56 Å². The third-order valence-corrected chi connectivity index (χ3v) is 6.21. The van der Waals surface area contributed by atoms with Crippen LogP contribution in [0.25, 0.3) is 11.0 Å². The number of fused-ring (bicyclic) bond motifs is 1. The molecule has 0 N–H and O–H groups in total. The van der Waals surface area contributed by atoms with Crippen LogP contribution < -0.4 is 15.0 Å². The van der Waals surface area contributed by atoms with Gasteiger partial charge in [0.1, 0.15) is 24.0 Å². The summed E-state index contributed by atoms with van der Waals surface area (Å²) in [5, 5.41) is 8.93. The molecule has 0 aliphatic heterocycles. The largest absolute Gasteiger partial charge is 0.493 e. The molecule has 0 radical (unpaired) electrons. The molecule has 10 nitrogen and oxygen atoms in total. The van der Waals surface area contributed by atoms with Crippen molar-refractivity contribution in [3.8, 4) is 11.5 Å². The molecule has 0 aliphatic carbocycles. The normalized spacial score (nSPS) is 11.3. The SMILES string of the molecule is CCc1nn2c(=O)cc(COC(=O)/C=C/c3ccc(OCc4c(C)noc4C)c(OC)c3)nc2s1. The molecule has 3 aromatic heterocycles. The van der Waals surface area contributed by atoms with Gasteiger partial charge in [-0.15, -0.1) is 0 Å². The molecule has 182 valence electrons. The number of methoxy groups -OCH3 is 1. The van der Waals surface area contributed by atoms with Crippen LogP contribution in [0.15, 0.2) is 39.7 Å². The van der Waals surface area contributed by atoms with E-state index >= 15 is 0 Å². The van der Waals surface area contributed by atoms with Gasteiger partial charge < -0.3 is 18.7 Å². The fourth-order valence-electron chi connectivity index (χ4n) is 3.24. The van der Waals surface area contributed by atoms with Crippen LogP contribution in [0.4, 0.5) is 0 Å². The minimum atomic E-state index is -0.566. The predicted molar refractivity (Wildman–Crippen MR) is 129 cm³/mol. The quantitative estimate of drug-likeness (QED) is 0.253. The maximum Gasteiger partial charge on any atom is 0.331 e. The number of carbonyl (C=O) groups is 1. The molecule has 0 bridgehead atoms. The fraction of sp³-hybridized carbons (Fsp3) is 0.292. The summed E-state index contributed by atoms with van der Waals surface area (Å²) in [4.78, 5) is 29.2. The Bertz CT molecular complexity index is 1430. The Morgan fingerprint density at radius 3 is 2.74 bits per heavy atom. The van der Waals surface area contributed by atoms with E-state index in [2.05, 4.69) is 15.2 Å². The predicted octanol–water partition coefficient (Wildman–Crippen LogP) is 3.66. The Labute approximate surface area is 204 Å². The lowest BCUT2D eigenvalue weighted by atomic mass is 10.2. The van der Waals surface area contributed by atoms with Crippen LogP contribution in [0, 0.1) is 13.8 Å². The average molecular weight is 497 g/mol. The monoisotopic (exact) mass is 496 g/mol. The summed E-state index contributed by atoms with van der Waals surface area (Å²) in [5.74, 6) is 1.21. The highest BCUT2D eigenvalue weighted by Crippen LogP contribution is 2.30. The first-order valence-electron chi connectivity index (χ1n) is 10.8. The van der Waals surface area contributed by atoms with Gasteiger partial charge in [-0.1, -0.05) is 29.5 Å². The van der Waals surface area contributed by atoms with Gasteiger partial charge in [-0.05, 0) is 44.0 Å². The lowest BCUT2D eigenvalue weighted by molar-refractivity contribution is -0.139. The van der Waals surface area contributed by atoms with Crippen molar-refractivity contribution in [1.82, 2.24) is 19.8 Å². The highest BCUT2D eigenvalue weighted by Gasteiger charge is 2.12. The van der Waals surface area contributed by atoms with E-state index in [4.69, 9.17) is 18.7 Å². The maximum absolute atomic E-state index is 12.2. The summed E-state index contributed by atoms with van der Waals surface area (Å²) < 4.78 is 23.0. The molecule has 0 unspecified atom stereocenters. The highest BCUT2D eigenvalue weighted by atomic mass is 32.1. The van der Waals surface area contributed by atoms with Crippen LogP contribution >= 0.6 is 11.3 Å². The van der Waals surface area contributed by atoms with Gasteiger partial charge in [0.05, 0.1) is 24.1 Å². The molecule has 11 heteroatoms. The van der Waals surface area contributed by atoms with Crippen LogP contribution in [0.5, 0.6) is 11.5 Å². The minimum absolute atomic E-state index is 0.119. The number of hydrogen-bond acceptors (Lipinski definition) is 10. The first-order valence-corrected chi connectivity index (χ1v) is 11.7. The van der Waals surface area contributed by atoms with Crippen LogP contribution in [-0.2, 0) is 29.2 Å². The number of ether oxygens (including phenoxy) is 3. The van der Waals surface area contributed by atoms with Crippen molar-refractivity contribution >= 4 is 28.3 Å². The molecular weight excluding hydrogens is 472 g/mol. The summed E-state index contributed by atoms with van der Waals surface area (Å²) in [6, 6.07) is 6.61. The Kier molecular flexibility index (Phi) is 7.25. The standard InChI is InChI=1S/C24H24N4O6S/c1-5-21-26-28-22(29)11-17(25-24(28)35-21)12-33-23(30)9-7-16-6-8-19(20(10-16)31-4)32-13-18-14(2)27-34-15(18)3/h6-11H,5,12-13H2,1-4H3/b9-7+. The molecule has 4 aromatic rings. The van der Waals surface area contributed by atoms with Crippen LogP contribution in [0.2, 0.25) is 0 Å². The van der Waals surface area contributed by atoms with E-state index in [1.807, 2.05) is 20.8 Å². The lowest BCUT2D eigenvalue weighted by Crippen LogP contribution is -2.16. The fourth-order valence-corrected chi connectivity index (χ4v) is 4.09. The smallest absolute Gasteiger partial charge is 0.331 e. The molecule has 0 amide bonds. The number of hydrogen-bond donors (Lipinski definition) is 0. The lowest BCUT2D eigenvalue weighted by Gasteiger charge is -2.11. The van der Waals surface area contributed by atoms with Crippen LogP contribution in [-0.4, -0.2) is 32.8 Å². The van der Waals surface area contributed by atoms with E-state index in [0.29, 0.717) is 40.9 Å². The molecule has 0 aliphatic rings. The zero-order chi connectivity index (χ0) is 24.9. The van der Waals surface area contributed by atoms with Crippen molar-refractivity contribution in [2.75, 3.05) is 7.11 Å². The Hall–Kier alpha value is -3.99. The Morgan fingerprint density at radius 1 is 1.20 bits per heavy atom. The van der Waals surface area contributed by atoms with E-state index < -0.39 is 5.97 Å². The van der Waals surface area contributed by atoms with Gasteiger partial charge in [0.15, 0.2) is 11.5 Å². The van der Waals surface area contributed by atoms with E-state index in [-0.39, 0.29) is 12.2 Å². The van der Waals surface area contributed by atoms with E-state index in [1.165, 1.54) is 28.0 Å². The maximum atomic E-state index is 12.2. The van der Waals surface area contributed by atoms with Crippen molar-refractivity contribution in [3.63, 3.8) is 0 Å². The number of rotatable bonds is 9. The minimum Gasteiger partial charge on any atom is -0.493 e. The second-order valence-electron chi connectivity index (χ2n) is 7.57. The zero-order valence-electron chi connectivity index (χ0n) is 19.7. The molecule has 0 atom stereocenters. The number of benzene rings is 1. The Morgan fingerprint density at radius 2 is 2.03 bits per heavy atom. The van der Waals surface area contributed by atoms with E-state index in [9.17, 15) is 9.59 Å². The van der Waals surface area contributed by atoms with Gasteiger partial charge >= 0.3 is 5.97 Å². The molecule has 0 fully saturated rings. The van der Waals surface area contributed by atoms with Gasteiger partial charge in [-0.3, -0.25) is 4.79 Å². The summed E-state index contributed by atoms with van der Waals surface area (Å²) in [6.45, 7) is 5.82. The zero-order valence-corrected chi connectivity index (χ0v) is 20.5. The van der Waals surface area contributed by atoms with Crippen LogP contribution in [0.3, 0.4) is 0 Å². The number of nitrogens with zero attached hydrogens (tertiary/aromatic N) is 4. The summed E-state index contributed by atoms with van der Waals surface area (Å²) in [7, 11) is 1.54. The molecule has 4 rings (SSSR count). The topological polar surface area (TPSA) is 118 Å². The number of carbonyl (C=O) groups excluding carboxylic acids is 1. The second-order valence-corrected chi connectivity index (χ2v) is 8.61. The van der Waals surface area contributed by atoms with Gasteiger partial charge in [-0.2, -0.15) is 9.61 Å². The van der Waals surface area contributed by atoms with Crippen molar-refractivity contribution in [2.45, 2.75) is 40.4 Å². The molecule has 1 aromatic carbocycles. The number of aryl methyl sites for hydroxylation is 3. The van der Waals surface area contributed by atoms with Gasteiger partial charge in [0.2, 0.25) is 4.96 Å². The molecule has 35 heavy (non-hydrogen) atoms. The molecule has 0 saturated carbocycles. The average Bonchev–Trinajstić information content (AvgIpc) is 3.43. The van der Waals surface area contributed by atoms with Crippen molar-refractivity contribution < 1.29 is 23.5 Å². The molecular formula is C24H24N4O6S. The van der Waals surface area contributed by atoms with Crippen molar-refractivity contribution in [3.05, 3.63) is 74.0 Å². The number of aromatic nitrogens is 4. The summed E-state index contributed by atoms with van der Waals surface area (Å²) >= 11 is 1.33. The summed E-state index contributed by atoms with van der Waals surface area (Å²) in [5.41, 5.74) is 2.44. The highest BCUT2D eigenvalue weighted by molar-refractivity contribution is 7.16. The third kappa shape index (κ3) is 5.57. The Balaban J connectivity index is 1.38. The van der Waals surface area contributed by atoms with Gasteiger partial charge in [-0.25, -0.2) is 9.78 Å².